The molecule has 0 spiro atoms. The number of hydrogen-bond donors (Lipinski definition) is 1. The van der Waals surface area contributed by atoms with Crippen molar-refractivity contribution in [1.29, 1.82) is 0 Å². The number of rotatable bonds is 2. The van der Waals surface area contributed by atoms with Crippen molar-refractivity contribution in [2.24, 2.45) is 5.92 Å². The molecule has 2 fully saturated rings. The molecule has 1 aromatic rings. The van der Waals surface area contributed by atoms with E-state index in [4.69, 9.17) is 5.11 Å². The standard InChI is InChI=1S/C13H16FNO/c14-12-6-10(2-4-13(12)16)8-15-7-9-1-3-11(15)5-9/h2,4,6,9,11,16H,1,3,5,7-8H2. The van der Waals surface area contributed by atoms with Gasteiger partial charge in [0.15, 0.2) is 11.6 Å². The Labute approximate surface area is 94.7 Å². The average molecular weight is 221 g/mol. The van der Waals surface area contributed by atoms with Crippen LogP contribution < -0.4 is 0 Å². The first kappa shape index (κ1) is 10.1. The fourth-order valence-electron chi connectivity index (χ4n) is 3.10. The van der Waals surface area contributed by atoms with Crippen LogP contribution in [-0.4, -0.2) is 22.6 Å². The molecule has 2 nitrogen and oxygen atoms in total. The zero-order valence-electron chi connectivity index (χ0n) is 9.19. The molecule has 0 radical (unpaired) electrons. The number of hydrogen-bond acceptors (Lipinski definition) is 2. The Bertz CT molecular complexity index is 407. The molecule has 2 atom stereocenters. The van der Waals surface area contributed by atoms with Gasteiger partial charge in [-0.05, 0) is 42.9 Å². The number of benzene rings is 1. The van der Waals surface area contributed by atoms with Gasteiger partial charge >= 0.3 is 0 Å². The molecule has 1 aliphatic carbocycles. The molecule has 2 bridgehead atoms. The zero-order chi connectivity index (χ0) is 11.1. The second-order valence-electron chi connectivity index (χ2n) is 5.05. The van der Waals surface area contributed by atoms with Crippen LogP contribution in [0.2, 0.25) is 0 Å². The lowest BCUT2D eigenvalue weighted by atomic mass is 10.1. The SMILES string of the molecule is Oc1ccc(CN2CC3CCC2C3)cc1F. The topological polar surface area (TPSA) is 23.5 Å². The smallest absolute Gasteiger partial charge is 0.165 e. The Morgan fingerprint density at radius 1 is 1.38 bits per heavy atom. The van der Waals surface area contributed by atoms with Crippen LogP contribution in [0, 0.1) is 11.7 Å². The summed E-state index contributed by atoms with van der Waals surface area (Å²) in [6.45, 7) is 1.98. The third kappa shape index (κ3) is 1.69. The molecule has 1 N–H and O–H groups in total. The van der Waals surface area contributed by atoms with Gasteiger partial charge in [-0.1, -0.05) is 6.07 Å². The molecule has 86 valence electrons. The van der Waals surface area contributed by atoms with E-state index in [0.717, 1.165) is 24.6 Å². The summed E-state index contributed by atoms with van der Waals surface area (Å²) in [5.41, 5.74) is 0.961. The minimum atomic E-state index is -0.512. The van der Waals surface area contributed by atoms with E-state index in [1.54, 1.807) is 0 Å². The number of piperidine rings is 1. The van der Waals surface area contributed by atoms with Crippen LogP contribution in [0.25, 0.3) is 0 Å². The Kier molecular flexibility index (Phi) is 2.36. The Morgan fingerprint density at radius 2 is 2.25 bits per heavy atom. The highest BCUT2D eigenvalue weighted by molar-refractivity contribution is 5.28. The summed E-state index contributed by atoms with van der Waals surface area (Å²) < 4.78 is 13.2. The van der Waals surface area contributed by atoms with E-state index in [1.807, 2.05) is 6.07 Å². The quantitative estimate of drug-likeness (QED) is 0.829. The number of fused-ring (bicyclic) bond motifs is 2. The third-order valence-corrected chi connectivity index (χ3v) is 3.92. The second kappa shape index (κ2) is 3.74. The number of nitrogens with zero attached hydrogens (tertiary/aromatic N) is 1. The first-order valence-corrected chi connectivity index (χ1v) is 5.94. The number of phenolic OH excluding ortho intramolecular Hbond substituents is 1. The monoisotopic (exact) mass is 221 g/mol. The highest BCUT2D eigenvalue weighted by Crippen LogP contribution is 2.38. The number of likely N-dealkylation sites (tertiary alicyclic amines) is 1. The van der Waals surface area contributed by atoms with E-state index in [2.05, 4.69) is 4.90 Å². The molecule has 1 saturated heterocycles. The summed E-state index contributed by atoms with van der Waals surface area (Å²) in [5.74, 6) is 0.0977. The second-order valence-corrected chi connectivity index (χ2v) is 5.05. The van der Waals surface area contributed by atoms with Gasteiger partial charge in [-0.3, -0.25) is 4.90 Å². The molecule has 1 saturated carbocycles. The summed E-state index contributed by atoms with van der Waals surface area (Å²) in [4.78, 5) is 2.44. The van der Waals surface area contributed by atoms with Crippen LogP contribution in [0.3, 0.4) is 0 Å². The minimum absolute atomic E-state index is 0.258. The molecule has 1 heterocycles. The van der Waals surface area contributed by atoms with Crippen molar-refractivity contribution in [1.82, 2.24) is 4.90 Å². The first-order valence-electron chi connectivity index (χ1n) is 5.94. The lowest BCUT2D eigenvalue weighted by Crippen LogP contribution is -2.31. The molecule has 3 rings (SSSR count). The predicted molar refractivity (Wildman–Crippen MR) is 59.6 cm³/mol. The minimum Gasteiger partial charge on any atom is -0.505 e. The third-order valence-electron chi connectivity index (χ3n) is 3.92. The van der Waals surface area contributed by atoms with E-state index >= 15 is 0 Å². The lowest BCUT2D eigenvalue weighted by molar-refractivity contribution is 0.205. The molecule has 1 aromatic carbocycles. The van der Waals surface area contributed by atoms with E-state index in [1.165, 1.54) is 31.4 Å². The summed E-state index contributed by atoms with van der Waals surface area (Å²) in [5, 5.41) is 9.12. The van der Waals surface area contributed by atoms with Crippen molar-refractivity contribution in [2.75, 3.05) is 6.54 Å². The molecule has 2 aliphatic rings. The molecule has 1 aliphatic heterocycles. The molecular formula is C13H16FNO. The molecular weight excluding hydrogens is 205 g/mol. The van der Waals surface area contributed by atoms with Crippen LogP contribution in [0.1, 0.15) is 24.8 Å². The van der Waals surface area contributed by atoms with Crippen molar-refractivity contribution < 1.29 is 9.50 Å². The number of phenols is 1. The van der Waals surface area contributed by atoms with Crippen LogP contribution >= 0.6 is 0 Å². The fraction of sp³-hybridized carbons (Fsp3) is 0.538. The molecule has 0 amide bonds. The van der Waals surface area contributed by atoms with Crippen molar-refractivity contribution in [3.63, 3.8) is 0 Å². The van der Waals surface area contributed by atoms with Crippen LogP contribution in [0.5, 0.6) is 5.75 Å². The van der Waals surface area contributed by atoms with E-state index < -0.39 is 5.82 Å². The van der Waals surface area contributed by atoms with Gasteiger partial charge in [-0.15, -0.1) is 0 Å². The van der Waals surface area contributed by atoms with Crippen molar-refractivity contribution in [2.45, 2.75) is 31.8 Å². The molecule has 16 heavy (non-hydrogen) atoms. The number of halogens is 1. The fourth-order valence-corrected chi connectivity index (χ4v) is 3.10. The summed E-state index contributed by atoms with van der Waals surface area (Å²) in [6.07, 6.45) is 3.98. The van der Waals surface area contributed by atoms with Gasteiger partial charge < -0.3 is 5.11 Å². The molecule has 0 aromatic heterocycles. The maximum absolute atomic E-state index is 13.2. The maximum Gasteiger partial charge on any atom is 0.165 e. The predicted octanol–water partition coefficient (Wildman–Crippen LogP) is 2.52. The molecule has 2 unspecified atom stereocenters. The van der Waals surface area contributed by atoms with E-state index in [9.17, 15) is 4.39 Å². The first-order chi connectivity index (χ1) is 7.72. The maximum atomic E-state index is 13.2. The van der Waals surface area contributed by atoms with Gasteiger partial charge in [0.1, 0.15) is 0 Å². The largest absolute Gasteiger partial charge is 0.505 e. The van der Waals surface area contributed by atoms with Crippen LogP contribution in [0.4, 0.5) is 4.39 Å². The lowest BCUT2D eigenvalue weighted by Gasteiger charge is -2.26. The number of aromatic hydroxyl groups is 1. The highest BCUT2D eigenvalue weighted by Gasteiger charge is 2.37. The zero-order valence-corrected chi connectivity index (χ0v) is 9.19. The normalized spacial score (nSPS) is 28.8. The van der Waals surface area contributed by atoms with Crippen molar-refractivity contribution >= 4 is 0 Å². The van der Waals surface area contributed by atoms with Crippen molar-refractivity contribution in [3.05, 3.63) is 29.6 Å². The van der Waals surface area contributed by atoms with Gasteiger partial charge in [0.25, 0.3) is 0 Å². The summed E-state index contributed by atoms with van der Waals surface area (Å²) in [7, 11) is 0. The Morgan fingerprint density at radius 3 is 2.88 bits per heavy atom. The van der Waals surface area contributed by atoms with Gasteiger partial charge in [0.2, 0.25) is 0 Å². The summed E-state index contributed by atoms with van der Waals surface area (Å²) >= 11 is 0. The average Bonchev–Trinajstić information content (AvgIpc) is 2.85. The van der Waals surface area contributed by atoms with Gasteiger partial charge in [-0.25, -0.2) is 4.39 Å². The molecule has 3 heteroatoms. The summed E-state index contributed by atoms with van der Waals surface area (Å²) in [6, 6.07) is 5.41. The van der Waals surface area contributed by atoms with Crippen LogP contribution in [0.15, 0.2) is 18.2 Å². The highest BCUT2D eigenvalue weighted by atomic mass is 19.1. The van der Waals surface area contributed by atoms with Gasteiger partial charge in [0.05, 0.1) is 0 Å². The van der Waals surface area contributed by atoms with Gasteiger partial charge in [0, 0.05) is 19.1 Å². The van der Waals surface area contributed by atoms with E-state index in [0.29, 0.717) is 6.04 Å². The van der Waals surface area contributed by atoms with Gasteiger partial charge in [-0.2, -0.15) is 0 Å². The van der Waals surface area contributed by atoms with Crippen molar-refractivity contribution in [3.8, 4) is 5.75 Å². The van der Waals surface area contributed by atoms with Crippen LogP contribution in [-0.2, 0) is 6.54 Å². The van der Waals surface area contributed by atoms with E-state index in [-0.39, 0.29) is 5.75 Å². The Hall–Kier alpha value is -1.09. The Balaban J connectivity index is 1.72.